The number of hydrogen-bond acceptors (Lipinski definition) is 5. The third kappa shape index (κ3) is 5.20. The van der Waals surface area contributed by atoms with Crippen LogP contribution >= 0.6 is 15.9 Å². The van der Waals surface area contributed by atoms with Gasteiger partial charge in [-0.1, -0.05) is 12.1 Å². The molecule has 0 bridgehead atoms. The maximum absolute atomic E-state index is 12.0. The minimum atomic E-state index is -0.449. The van der Waals surface area contributed by atoms with Crippen molar-refractivity contribution in [3.05, 3.63) is 64.1 Å². The SMILES string of the molecule is COC(=O)COc1ccc(/C=N\NC(=O)c2ccccc2Br)cc1. The number of methoxy groups -OCH3 is 1. The molecule has 0 aliphatic carbocycles. The molecule has 1 amide bonds. The van der Waals surface area contributed by atoms with Crippen molar-refractivity contribution < 1.29 is 19.1 Å². The number of esters is 1. The van der Waals surface area contributed by atoms with Gasteiger partial charge in [-0.05, 0) is 57.9 Å². The van der Waals surface area contributed by atoms with Crippen LogP contribution in [-0.4, -0.2) is 31.8 Å². The smallest absolute Gasteiger partial charge is 0.343 e. The van der Waals surface area contributed by atoms with Crippen LogP contribution in [0.2, 0.25) is 0 Å². The topological polar surface area (TPSA) is 77.0 Å². The zero-order valence-corrected chi connectivity index (χ0v) is 14.4. The lowest BCUT2D eigenvalue weighted by atomic mass is 10.2. The number of hydrazone groups is 1. The molecule has 2 rings (SSSR count). The fourth-order valence-electron chi connectivity index (χ4n) is 1.72. The first kappa shape index (κ1) is 17.7. The predicted molar refractivity (Wildman–Crippen MR) is 93.2 cm³/mol. The summed E-state index contributed by atoms with van der Waals surface area (Å²) < 4.78 is 10.4. The Morgan fingerprint density at radius 3 is 2.54 bits per heavy atom. The average molecular weight is 391 g/mol. The number of ether oxygens (including phenoxy) is 2. The monoisotopic (exact) mass is 390 g/mol. The quantitative estimate of drug-likeness (QED) is 0.467. The zero-order chi connectivity index (χ0) is 17.4. The van der Waals surface area contributed by atoms with Gasteiger partial charge in [-0.25, -0.2) is 10.2 Å². The van der Waals surface area contributed by atoms with E-state index in [1.54, 1.807) is 42.5 Å². The minimum Gasteiger partial charge on any atom is -0.482 e. The number of halogens is 1. The van der Waals surface area contributed by atoms with Crippen molar-refractivity contribution in [1.29, 1.82) is 0 Å². The lowest BCUT2D eigenvalue weighted by Gasteiger charge is -2.04. The molecule has 0 radical (unpaired) electrons. The van der Waals surface area contributed by atoms with E-state index in [9.17, 15) is 9.59 Å². The van der Waals surface area contributed by atoms with Crippen LogP contribution in [-0.2, 0) is 9.53 Å². The lowest BCUT2D eigenvalue weighted by Crippen LogP contribution is -2.18. The number of nitrogens with zero attached hydrogens (tertiary/aromatic N) is 1. The largest absolute Gasteiger partial charge is 0.482 e. The Kier molecular flexibility index (Phi) is 6.51. The third-order valence-corrected chi connectivity index (χ3v) is 3.65. The molecule has 24 heavy (non-hydrogen) atoms. The van der Waals surface area contributed by atoms with E-state index >= 15 is 0 Å². The summed E-state index contributed by atoms with van der Waals surface area (Å²) in [6.07, 6.45) is 1.51. The van der Waals surface area contributed by atoms with Crippen LogP contribution < -0.4 is 10.2 Å². The Morgan fingerprint density at radius 2 is 1.88 bits per heavy atom. The third-order valence-electron chi connectivity index (χ3n) is 2.96. The molecule has 2 aromatic rings. The van der Waals surface area contributed by atoms with Gasteiger partial charge in [0, 0.05) is 4.47 Å². The van der Waals surface area contributed by atoms with Crippen LogP contribution in [0.5, 0.6) is 5.75 Å². The molecule has 0 heterocycles. The molecule has 2 aromatic carbocycles. The van der Waals surface area contributed by atoms with Gasteiger partial charge < -0.3 is 9.47 Å². The number of carbonyl (C=O) groups is 2. The van der Waals surface area contributed by atoms with Crippen molar-refractivity contribution in [3.63, 3.8) is 0 Å². The summed E-state index contributed by atoms with van der Waals surface area (Å²) in [7, 11) is 1.30. The highest BCUT2D eigenvalue weighted by molar-refractivity contribution is 9.10. The van der Waals surface area contributed by atoms with Crippen LogP contribution in [0.3, 0.4) is 0 Å². The van der Waals surface area contributed by atoms with Crippen molar-refractivity contribution in [2.75, 3.05) is 13.7 Å². The summed E-state index contributed by atoms with van der Waals surface area (Å²) >= 11 is 3.31. The molecule has 0 atom stereocenters. The number of nitrogens with one attached hydrogen (secondary N) is 1. The summed E-state index contributed by atoms with van der Waals surface area (Å²) in [6, 6.07) is 14.0. The zero-order valence-electron chi connectivity index (χ0n) is 12.9. The van der Waals surface area contributed by atoms with Gasteiger partial charge in [-0.2, -0.15) is 5.10 Å². The van der Waals surface area contributed by atoms with E-state index in [1.165, 1.54) is 13.3 Å². The average Bonchev–Trinajstić information content (AvgIpc) is 2.61. The maximum Gasteiger partial charge on any atom is 0.343 e. The second-order valence-corrected chi connectivity index (χ2v) is 5.47. The van der Waals surface area contributed by atoms with Crippen molar-refractivity contribution >= 4 is 34.0 Å². The van der Waals surface area contributed by atoms with Crippen molar-refractivity contribution in [3.8, 4) is 5.75 Å². The van der Waals surface area contributed by atoms with Crippen molar-refractivity contribution in [2.24, 2.45) is 5.10 Å². The first-order valence-electron chi connectivity index (χ1n) is 6.98. The van der Waals surface area contributed by atoms with E-state index in [1.807, 2.05) is 6.07 Å². The van der Waals surface area contributed by atoms with Crippen LogP contribution in [0.4, 0.5) is 0 Å². The Balaban J connectivity index is 1.89. The number of benzene rings is 2. The number of carbonyl (C=O) groups excluding carboxylic acids is 2. The molecular formula is C17H15BrN2O4. The van der Waals surface area contributed by atoms with Crippen LogP contribution in [0.25, 0.3) is 0 Å². The summed E-state index contributed by atoms with van der Waals surface area (Å²) in [5, 5.41) is 3.92. The number of amides is 1. The van der Waals surface area contributed by atoms with E-state index in [2.05, 4.69) is 31.2 Å². The predicted octanol–water partition coefficient (Wildman–Crippen LogP) is 2.76. The molecule has 0 aliphatic rings. The number of hydrogen-bond donors (Lipinski definition) is 1. The molecule has 0 fully saturated rings. The Labute approximate surface area is 147 Å². The molecule has 6 nitrogen and oxygen atoms in total. The highest BCUT2D eigenvalue weighted by Gasteiger charge is 2.07. The van der Waals surface area contributed by atoms with Crippen molar-refractivity contribution in [2.45, 2.75) is 0 Å². The molecule has 1 N–H and O–H groups in total. The Hall–Kier alpha value is -2.67. The van der Waals surface area contributed by atoms with E-state index < -0.39 is 5.97 Å². The number of rotatable bonds is 6. The van der Waals surface area contributed by atoms with Gasteiger partial charge >= 0.3 is 5.97 Å². The molecule has 124 valence electrons. The summed E-state index contributed by atoms with van der Waals surface area (Å²) in [4.78, 5) is 23.0. The van der Waals surface area contributed by atoms with E-state index in [0.29, 0.717) is 15.8 Å². The standard InChI is InChI=1S/C17H15BrN2O4/c1-23-16(21)11-24-13-8-6-12(7-9-13)10-19-20-17(22)14-4-2-3-5-15(14)18/h2-10H,11H2,1H3,(H,20,22)/b19-10-. The van der Waals surface area contributed by atoms with E-state index in [-0.39, 0.29) is 12.5 Å². The second kappa shape index (κ2) is 8.83. The molecule has 0 unspecified atom stereocenters. The molecule has 0 spiro atoms. The summed E-state index contributed by atoms with van der Waals surface area (Å²) in [5.41, 5.74) is 3.73. The molecule has 7 heteroatoms. The Bertz CT molecular complexity index is 745. The summed E-state index contributed by atoms with van der Waals surface area (Å²) in [5.74, 6) is -0.220. The molecule has 0 saturated heterocycles. The van der Waals surface area contributed by atoms with Crippen molar-refractivity contribution in [1.82, 2.24) is 5.43 Å². The van der Waals surface area contributed by atoms with Gasteiger partial charge in [0.2, 0.25) is 0 Å². The van der Waals surface area contributed by atoms with Crippen LogP contribution in [0.15, 0.2) is 58.1 Å². The summed E-state index contributed by atoms with van der Waals surface area (Å²) in [6.45, 7) is -0.147. The van der Waals surface area contributed by atoms with Crippen LogP contribution in [0, 0.1) is 0 Å². The molecule has 0 aliphatic heterocycles. The van der Waals surface area contributed by atoms with Gasteiger partial charge in [0.15, 0.2) is 6.61 Å². The first-order chi connectivity index (χ1) is 11.6. The van der Waals surface area contributed by atoms with Crippen LogP contribution in [0.1, 0.15) is 15.9 Å². The Morgan fingerprint density at radius 1 is 1.17 bits per heavy atom. The molecular weight excluding hydrogens is 376 g/mol. The second-order valence-electron chi connectivity index (χ2n) is 4.61. The normalized spacial score (nSPS) is 10.4. The van der Waals surface area contributed by atoms with Gasteiger partial charge in [0.1, 0.15) is 5.75 Å². The van der Waals surface area contributed by atoms with Gasteiger partial charge in [0.05, 0.1) is 18.9 Å². The van der Waals surface area contributed by atoms with E-state index in [4.69, 9.17) is 4.74 Å². The lowest BCUT2D eigenvalue weighted by molar-refractivity contribution is -0.142. The minimum absolute atomic E-state index is 0.147. The first-order valence-corrected chi connectivity index (χ1v) is 7.77. The maximum atomic E-state index is 12.0. The van der Waals surface area contributed by atoms with Gasteiger partial charge in [0.25, 0.3) is 5.91 Å². The fourth-order valence-corrected chi connectivity index (χ4v) is 2.19. The van der Waals surface area contributed by atoms with Gasteiger partial charge in [-0.15, -0.1) is 0 Å². The van der Waals surface area contributed by atoms with E-state index in [0.717, 1.165) is 5.56 Å². The highest BCUT2D eigenvalue weighted by atomic mass is 79.9. The fraction of sp³-hybridized carbons (Fsp3) is 0.118. The molecule has 0 aromatic heterocycles. The van der Waals surface area contributed by atoms with Gasteiger partial charge in [-0.3, -0.25) is 4.79 Å². The molecule has 0 saturated carbocycles. The highest BCUT2D eigenvalue weighted by Crippen LogP contribution is 2.15.